The molecule has 1 saturated heterocycles. The SMILES string of the molecule is C[N+]1(CC2COc3ccccc3O2)CCCCCC1.[I-]. The minimum absolute atomic E-state index is 0. The monoisotopic (exact) mass is 389 g/mol. The van der Waals surface area contributed by atoms with E-state index in [-0.39, 0.29) is 30.1 Å². The van der Waals surface area contributed by atoms with Crippen molar-refractivity contribution in [2.24, 2.45) is 0 Å². The molecule has 0 spiro atoms. The van der Waals surface area contributed by atoms with Crippen LogP contribution in [0.15, 0.2) is 24.3 Å². The Bertz CT molecular complexity index is 430. The van der Waals surface area contributed by atoms with E-state index in [2.05, 4.69) is 7.05 Å². The molecular formula is C16H24INO2. The quantitative estimate of drug-likeness (QED) is 0.518. The van der Waals surface area contributed by atoms with Gasteiger partial charge in [-0.3, -0.25) is 0 Å². The van der Waals surface area contributed by atoms with Crippen molar-refractivity contribution in [1.82, 2.24) is 0 Å². The number of benzene rings is 1. The lowest BCUT2D eigenvalue weighted by atomic mass is 10.2. The predicted molar refractivity (Wildman–Crippen MR) is 75.6 cm³/mol. The molecule has 1 fully saturated rings. The van der Waals surface area contributed by atoms with Crippen LogP contribution in [-0.2, 0) is 0 Å². The summed E-state index contributed by atoms with van der Waals surface area (Å²) in [6, 6.07) is 7.98. The average Bonchev–Trinajstić information content (AvgIpc) is 2.63. The molecule has 2 heterocycles. The first-order chi connectivity index (χ1) is 9.25. The number of ether oxygens (including phenoxy) is 2. The molecule has 1 atom stereocenters. The van der Waals surface area contributed by atoms with Gasteiger partial charge in [0, 0.05) is 0 Å². The van der Waals surface area contributed by atoms with Crippen molar-refractivity contribution in [3.8, 4) is 11.5 Å². The number of fused-ring (bicyclic) bond motifs is 1. The highest BCUT2D eigenvalue weighted by molar-refractivity contribution is 5.40. The zero-order chi connectivity index (χ0) is 13.1. The standard InChI is InChI=1S/C16H24NO2.HI/c1-17(10-6-2-3-7-11-17)12-14-13-18-15-8-4-5-9-16(15)19-14;/h4-5,8-9,14H,2-3,6-7,10-13H2,1H3;1H/q+1;/p-1. The Morgan fingerprint density at radius 2 is 1.70 bits per heavy atom. The summed E-state index contributed by atoms with van der Waals surface area (Å²) in [6.45, 7) is 4.31. The van der Waals surface area contributed by atoms with Crippen LogP contribution in [0.25, 0.3) is 0 Å². The maximum Gasteiger partial charge on any atom is 0.181 e. The normalized spacial score (nSPS) is 24.4. The molecular weight excluding hydrogens is 365 g/mol. The van der Waals surface area contributed by atoms with E-state index in [1.54, 1.807) is 0 Å². The van der Waals surface area contributed by atoms with Gasteiger partial charge in [-0.15, -0.1) is 0 Å². The fourth-order valence-electron chi connectivity index (χ4n) is 3.28. The van der Waals surface area contributed by atoms with E-state index in [9.17, 15) is 0 Å². The summed E-state index contributed by atoms with van der Waals surface area (Å²) in [5.41, 5.74) is 0. The summed E-state index contributed by atoms with van der Waals surface area (Å²) in [4.78, 5) is 0. The second-order valence-corrected chi connectivity index (χ2v) is 6.16. The topological polar surface area (TPSA) is 18.5 Å². The summed E-state index contributed by atoms with van der Waals surface area (Å²) in [7, 11) is 2.37. The fourth-order valence-corrected chi connectivity index (χ4v) is 3.28. The maximum atomic E-state index is 6.10. The molecule has 1 aromatic carbocycles. The predicted octanol–water partition coefficient (Wildman–Crippen LogP) is -0.149. The molecule has 4 heteroatoms. The molecule has 0 amide bonds. The molecule has 0 radical (unpaired) electrons. The van der Waals surface area contributed by atoms with Gasteiger partial charge in [-0.2, -0.15) is 0 Å². The highest BCUT2D eigenvalue weighted by Gasteiger charge is 2.31. The largest absolute Gasteiger partial charge is 1.00 e. The lowest BCUT2D eigenvalue weighted by Gasteiger charge is -2.37. The molecule has 1 aromatic rings. The van der Waals surface area contributed by atoms with Gasteiger partial charge in [-0.25, -0.2) is 0 Å². The summed E-state index contributed by atoms with van der Waals surface area (Å²) in [5.74, 6) is 1.79. The number of para-hydroxylation sites is 2. The van der Waals surface area contributed by atoms with Crippen LogP contribution in [0.2, 0.25) is 0 Å². The zero-order valence-corrected chi connectivity index (χ0v) is 14.3. The van der Waals surface area contributed by atoms with Crippen LogP contribution in [0.4, 0.5) is 0 Å². The number of quaternary nitrogens is 1. The molecule has 0 N–H and O–H groups in total. The third-order valence-corrected chi connectivity index (χ3v) is 4.36. The molecule has 0 aliphatic carbocycles. The van der Waals surface area contributed by atoms with Gasteiger partial charge in [0.2, 0.25) is 0 Å². The van der Waals surface area contributed by atoms with Crippen molar-refractivity contribution in [3.63, 3.8) is 0 Å². The summed E-state index contributed by atoms with van der Waals surface area (Å²) < 4.78 is 13.1. The van der Waals surface area contributed by atoms with Gasteiger partial charge in [-0.1, -0.05) is 12.1 Å². The van der Waals surface area contributed by atoms with Gasteiger partial charge in [0.15, 0.2) is 17.6 Å². The smallest absolute Gasteiger partial charge is 0.181 e. The zero-order valence-electron chi connectivity index (χ0n) is 12.2. The first-order valence-electron chi connectivity index (χ1n) is 7.47. The lowest BCUT2D eigenvalue weighted by Crippen LogP contribution is -3.00. The van der Waals surface area contributed by atoms with E-state index < -0.39 is 0 Å². The van der Waals surface area contributed by atoms with Crippen LogP contribution in [0.5, 0.6) is 11.5 Å². The molecule has 2 aliphatic rings. The number of rotatable bonds is 2. The third-order valence-electron chi connectivity index (χ3n) is 4.36. The average molecular weight is 389 g/mol. The molecule has 0 bridgehead atoms. The molecule has 3 nitrogen and oxygen atoms in total. The Morgan fingerprint density at radius 3 is 2.40 bits per heavy atom. The number of likely N-dealkylation sites (tertiary alicyclic amines) is 1. The molecule has 2 aliphatic heterocycles. The van der Waals surface area contributed by atoms with Gasteiger partial charge in [-0.05, 0) is 37.8 Å². The van der Waals surface area contributed by atoms with Gasteiger partial charge < -0.3 is 37.9 Å². The molecule has 3 rings (SSSR count). The number of halogens is 1. The Labute approximate surface area is 138 Å². The van der Waals surface area contributed by atoms with Crippen molar-refractivity contribution in [1.29, 1.82) is 0 Å². The summed E-state index contributed by atoms with van der Waals surface area (Å²) in [5, 5.41) is 0. The van der Waals surface area contributed by atoms with Crippen LogP contribution < -0.4 is 33.5 Å². The number of hydrogen-bond acceptors (Lipinski definition) is 2. The van der Waals surface area contributed by atoms with Crippen LogP contribution in [-0.4, -0.2) is 43.9 Å². The van der Waals surface area contributed by atoms with Crippen molar-refractivity contribution in [3.05, 3.63) is 24.3 Å². The molecule has 20 heavy (non-hydrogen) atoms. The Balaban J connectivity index is 0.00000147. The first-order valence-corrected chi connectivity index (χ1v) is 7.47. The van der Waals surface area contributed by atoms with Crippen LogP contribution in [0.3, 0.4) is 0 Å². The van der Waals surface area contributed by atoms with E-state index in [4.69, 9.17) is 9.47 Å². The Kier molecular flexibility index (Phi) is 5.55. The van der Waals surface area contributed by atoms with Gasteiger partial charge in [0.05, 0.1) is 20.1 Å². The van der Waals surface area contributed by atoms with Crippen molar-refractivity contribution < 1.29 is 37.9 Å². The number of nitrogens with zero attached hydrogens (tertiary/aromatic N) is 1. The molecule has 0 aromatic heterocycles. The van der Waals surface area contributed by atoms with Gasteiger partial charge >= 0.3 is 0 Å². The number of likely N-dealkylation sites (N-methyl/N-ethyl adjacent to an activating group) is 1. The molecule has 0 saturated carbocycles. The van der Waals surface area contributed by atoms with E-state index in [0.29, 0.717) is 6.61 Å². The molecule has 1 unspecified atom stereocenters. The van der Waals surface area contributed by atoms with Gasteiger partial charge in [0.1, 0.15) is 13.2 Å². The Morgan fingerprint density at radius 1 is 1.05 bits per heavy atom. The third kappa shape index (κ3) is 3.79. The van der Waals surface area contributed by atoms with Gasteiger partial charge in [0.25, 0.3) is 0 Å². The van der Waals surface area contributed by atoms with E-state index in [1.165, 1.54) is 38.8 Å². The minimum atomic E-state index is 0. The van der Waals surface area contributed by atoms with E-state index >= 15 is 0 Å². The highest BCUT2D eigenvalue weighted by Crippen LogP contribution is 2.31. The maximum absolute atomic E-state index is 6.10. The second kappa shape index (κ2) is 6.98. The van der Waals surface area contributed by atoms with Crippen LogP contribution in [0.1, 0.15) is 25.7 Å². The van der Waals surface area contributed by atoms with Crippen LogP contribution in [0, 0.1) is 0 Å². The second-order valence-electron chi connectivity index (χ2n) is 6.16. The van der Waals surface area contributed by atoms with Crippen LogP contribution >= 0.6 is 0 Å². The molecule has 112 valence electrons. The first kappa shape index (κ1) is 15.9. The number of hydrogen-bond donors (Lipinski definition) is 0. The van der Waals surface area contributed by atoms with Crippen molar-refractivity contribution >= 4 is 0 Å². The minimum Gasteiger partial charge on any atom is -1.00 e. The van der Waals surface area contributed by atoms with E-state index in [1.807, 2.05) is 24.3 Å². The highest BCUT2D eigenvalue weighted by atomic mass is 127. The lowest BCUT2D eigenvalue weighted by molar-refractivity contribution is -0.911. The fraction of sp³-hybridized carbons (Fsp3) is 0.625. The van der Waals surface area contributed by atoms with Crippen molar-refractivity contribution in [2.45, 2.75) is 31.8 Å². The summed E-state index contributed by atoms with van der Waals surface area (Å²) in [6.07, 6.45) is 5.66. The Hall–Kier alpha value is -0.490. The van der Waals surface area contributed by atoms with E-state index in [0.717, 1.165) is 22.5 Å². The summed E-state index contributed by atoms with van der Waals surface area (Å²) >= 11 is 0. The van der Waals surface area contributed by atoms with Crippen molar-refractivity contribution in [2.75, 3.05) is 33.3 Å².